The lowest BCUT2D eigenvalue weighted by atomic mass is 10.2. The van der Waals surface area contributed by atoms with Gasteiger partial charge >= 0.3 is 0 Å². The van der Waals surface area contributed by atoms with Gasteiger partial charge in [0.05, 0.1) is 34.2 Å². The average molecular weight is 412 g/mol. The smallest absolute Gasteiger partial charge is 0.264 e. The molecule has 2 atom stereocenters. The summed E-state index contributed by atoms with van der Waals surface area (Å²) >= 11 is 0. The van der Waals surface area contributed by atoms with Crippen LogP contribution in [0, 0.1) is 13.8 Å². The van der Waals surface area contributed by atoms with Crippen LogP contribution in [0.1, 0.15) is 11.1 Å². The Labute approximate surface area is 158 Å². The van der Waals surface area contributed by atoms with E-state index in [1.165, 1.54) is 30.3 Å². The summed E-state index contributed by atoms with van der Waals surface area (Å²) in [6.07, 6.45) is -1.36. The average Bonchev–Trinajstić information content (AvgIpc) is 2.79. The highest BCUT2D eigenvalue weighted by Crippen LogP contribution is 2.33. The molecule has 0 saturated carbocycles. The van der Waals surface area contributed by atoms with Crippen LogP contribution in [0.4, 0.5) is 5.69 Å². The minimum Gasteiger partial charge on any atom is -0.508 e. The van der Waals surface area contributed by atoms with Gasteiger partial charge < -0.3 is 10.2 Å². The number of hydrogen-bond acceptors (Lipinski definition) is 6. The summed E-state index contributed by atoms with van der Waals surface area (Å²) in [6.45, 7) is 3.49. The van der Waals surface area contributed by atoms with E-state index in [0.717, 1.165) is 9.87 Å². The molecule has 0 radical (unpaired) electrons. The minimum atomic E-state index is -4.19. The van der Waals surface area contributed by atoms with Gasteiger partial charge in [-0.25, -0.2) is 16.8 Å². The van der Waals surface area contributed by atoms with Crippen molar-refractivity contribution < 1.29 is 27.0 Å². The van der Waals surface area contributed by atoms with E-state index in [2.05, 4.69) is 0 Å². The molecule has 1 heterocycles. The third kappa shape index (κ3) is 3.80. The zero-order chi connectivity index (χ0) is 20.0. The van der Waals surface area contributed by atoms with Crippen LogP contribution >= 0.6 is 0 Å². The van der Waals surface area contributed by atoms with Crippen LogP contribution in [-0.4, -0.2) is 50.7 Å². The number of nitrogens with zero attached hydrogens (tertiary/aromatic N) is 1. The number of phenols is 1. The molecule has 0 aliphatic carbocycles. The summed E-state index contributed by atoms with van der Waals surface area (Å²) in [6, 6.07) is 9.20. The second-order valence-corrected chi connectivity index (χ2v) is 10.7. The van der Waals surface area contributed by atoms with Crippen molar-refractivity contribution >= 4 is 25.5 Å². The molecule has 0 spiro atoms. The zero-order valence-electron chi connectivity index (χ0n) is 14.9. The molecule has 2 aromatic rings. The number of phenolic OH excluding ortho intramolecular Hbond substituents is 1. The number of aliphatic hydroxyl groups is 1. The Kier molecular flexibility index (Phi) is 4.96. The molecule has 0 aromatic heterocycles. The van der Waals surface area contributed by atoms with Crippen LogP contribution in [0.3, 0.4) is 0 Å². The first-order valence-electron chi connectivity index (χ1n) is 8.30. The van der Waals surface area contributed by atoms with Gasteiger partial charge in [-0.2, -0.15) is 0 Å². The molecule has 1 saturated heterocycles. The number of anilines is 1. The van der Waals surface area contributed by atoms with E-state index in [1.54, 1.807) is 19.1 Å². The lowest BCUT2D eigenvalue weighted by molar-refractivity contribution is 0.184. The van der Waals surface area contributed by atoms with E-state index < -0.39 is 43.5 Å². The van der Waals surface area contributed by atoms with Crippen molar-refractivity contribution in [3.05, 3.63) is 53.6 Å². The molecule has 27 heavy (non-hydrogen) atoms. The number of hydrogen-bond donors (Lipinski definition) is 2. The van der Waals surface area contributed by atoms with Gasteiger partial charge in [-0.15, -0.1) is 0 Å². The number of benzene rings is 2. The van der Waals surface area contributed by atoms with Gasteiger partial charge in [0.1, 0.15) is 5.75 Å². The number of aryl methyl sites for hydroxylation is 2. The molecule has 0 amide bonds. The number of aliphatic hydroxyl groups excluding tert-OH is 1. The summed E-state index contributed by atoms with van der Waals surface area (Å²) in [4.78, 5) is 0.0212. The lowest BCUT2D eigenvalue weighted by Gasteiger charge is -2.32. The Hall–Kier alpha value is -2.10. The third-order valence-electron chi connectivity index (χ3n) is 4.55. The maximum atomic E-state index is 13.5. The predicted molar refractivity (Wildman–Crippen MR) is 102 cm³/mol. The molecule has 146 valence electrons. The van der Waals surface area contributed by atoms with Crippen LogP contribution in [0.25, 0.3) is 0 Å². The first-order chi connectivity index (χ1) is 12.5. The van der Waals surface area contributed by atoms with Gasteiger partial charge in [-0.05, 0) is 37.6 Å². The number of rotatable bonds is 4. The van der Waals surface area contributed by atoms with Crippen molar-refractivity contribution in [2.75, 3.05) is 15.8 Å². The topological polar surface area (TPSA) is 112 Å². The molecule has 0 unspecified atom stereocenters. The van der Waals surface area contributed by atoms with Gasteiger partial charge in [0.25, 0.3) is 10.0 Å². The Morgan fingerprint density at radius 3 is 2.33 bits per heavy atom. The normalized spacial score (nSPS) is 21.9. The van der Waals surface area contributed by atoms with Crippen LogP contribution in [0.2, 0.25) is 0 Å². The Morgan fingerprint density at radius 2 is 1.78 bits per heavy atom. The first-order valence-corrected chi connectivity index (χ1v) is 11.6. The van der Waals surface area contributed by atoms with E-state index in [9.17, 15) is 27.0 Å². The van der Waals surface area contributed by atoms with Gasteiger partial charge in [0.15, 0.2) is 9.84 Å². The molecule has 1 fully saturated rings. The van der Waals surface area contributed by atoms with Crippen LogP contribution in [0.5, 0.6) is 5.75 Å². The maximum absolute atomic E-state index is 13.5. The fourth-order valence-corrected chi connectivity index (χ4v) is 7.11. The monoisotopic (exact) mass is 411 g/mol. The number of aromatic hydroxyl groups is 1. The van der Waals surface area contributed by atoms with E-state index in [4.69, 9.17) is 0 Å². The molecule has 2 N–H and O–H groups in total. The molecule has 1 aliphatic heterocycles. The molecule has 9 heteroatoms. The summed E-state index contributed by atoms with van der Waals surface area (Å²) in [5, 5.41) is 20.1. The largest absolute Gasteiger partial charge is 0.508 e. The molecular weight excluding hydrogens is 390 g/mol. The van der Waals surface area contributed by atoms with Gasteiger partial charge in [-0.1, -0.05) is 23.8 Å². The van der Waals surface area contributed by atoms with Crippen LogP contribution in [0.15, 0.2) is 47.4 Å². The Balaban J connectivity index is 2.21. The third-order valence-corrected chi connectivity index (χ3v) is 8.26. The molecule has 0 bridgehead atoms. The summed E-state index contributed by atoms with van der Waals surface area (Å²) in [5.74, 6) is -1.16. The van der Waals surface area contributed by atoms with Crippen molar-refractivity contribution in [3.8, 4) is 5.75 Å². The highest BCUT2D eigenvalue weighted by Gasteiger charge is 2.45. The van der Waals surface area contributed by atoms with E-state index in [0.29, 0.717) is 5.56 Å². The second kappa shape index (κ2) is 6.81. The van der Waals surface area contributed by atoms with Crippen molar-refractivity contribution in [2.24, 2.45) is 0 Å². The van der Waals surface area contributed by atoms with Crippen LogP contribution in [-0.2, 0) is 19.9 Å². The first kappa shape index (κ1) is 19.7. The summed E-state index contributed by atoms with van der Waals surface area (Å²) in [7, 11) is -7.77. The fraction of sp³-hybridized carbons (Fsp3) is 0.333. The maximum Gasteiger partial charge on any atom is 0.264 e. The molecule has 1 aliphatic rings. The zero-order valence-corrected chi connectivity index (χ0v) is 16.5. The van der Waals surface area contributed by atoms with Gasteiger partial charge in [0, 0.05) is 6.07 Å². The predicted octanol–water partition coefficient (Wildman–Crippen LogP) is 1.36. The number of sulfone groups is 1. The standard InChI is InChI=1S/C18H21NO6S2/c1-12-6-7-18(13(2)8-12)27(24,25)19(14-4-3-5-15(20)9-14)16-10-26(22,23)11-17(16)21/h3-9,16-17,20-21H,10-11H2,1-2H3/t16-,17+/m0/s1. The van der Waals surface area contributed by atoms with Gasteiger partial charge in [0.2, 0.25) is 0 Å². The van der Waals surface area contributed by atoms with E-state index >= 15 is 0 Å². The Bertz CT molecular complexity index is 1080. The Morgan fingerprint density at radius 1 is 1.07 bits per heavy atom. The fourth-order valence-electron chi connectivity index (χ4n) is 3.37. The molecule has 7 nitrogen and oxygen atoms in total. The molecule has 2 aromatic carbocycles. The highest BCUT2D eigenvalue weighted by atomic mass is 32.2. The van der Waals surface area contributed by atoms with E-state index in [-0.39, 0.29) is 16.3 Å². The number of sulfonamides is 1. The quantitative estimate of drug-likeness (QED) is 0.786. The van der Waals surface area contributed by atoms with Crippen molar-refractivity contribution in [1.29, 1.82) is 0 Å². The molecular formula is C18H21NO6S2. The highest BCUT2D eigenvalue weighted by molar-refractivity contribution is 7.93. The lowest BCUT2D eigenvalue weighted by Crippen LogP contribution is -2.47. The SMILES string of the molecule is Cc1ccc(S(=O)(=O)N(c2cccc(O)c2)[C@H]2CS(=O)(=O)C[C@H]2O)c(C)c1. The van der Waals surface area contributed by atoms with Crippen molar-refractivity contribution in [1.82, 2.24) is 0 Å². The van der Waals surface area contributed by atoms with Crippen molar-refractivity contribution in [3.63, 3.8) is 0 Å². The minimum absolute atomic E-state index is 0.0212. The molecule has 3 rings (SSSR count). The summed E-state index contributed by atoms with van der Waals surface area (Å²) in [5.41, 5.74) is 1.49. The van der Waals surface area contributed by atoms with Gasteiger partial charge in [-0.3, -0.25) is 4.31 Å². The van der Waals surface area contributed by atoms with Crippen molar-refractivity contribution in [2.45, 2.75) is 30.9 Å². The van der Waals surface area contributed by atoms with Crippen LogP contribution < -0.4 is 4.31 Å². The second-order valence-electron chi connectivity index (χ2n) is 6.80. The summed E-state index contributed by atoms with van der Waals surface area (Å²) < 4.78 is 51.8. The van der Waals surface area contributed by atoms with E-state index in [1.807, 2.05) is 6.92 Å².